The van der Waals surface area contributed by atoms with Crippen LogP contribution in [0.15, 0.2) is 72.8 Å². The third-order valence-corrected chi connectivity index (χ3v) is 6.96. The van der Waals surface area contributed by atoms with Crippen molar-refractivity contribution < 1.29 is 14.7 Å². The molecule has 2 atom stereocenters. The lowest BCUT2D eigenvalue weighted by Crippen LogP contribution is -2.53. The highest BCUT2D eigenvalue weighted by Crippen LogP contribution is 2.52. The van der Waals surface area contributed by atoms with Gasteiger partial charge in [0.1, 0.15) is 0 Å². The second kappa shape index (κ2) is 7.47. The summed E-state index contributed by atoms with van der Waals surface area (Å²) in [4.78, 5) is 28.7. The number of benzene rings is 3. The fraction of sp³-hybridized carbons (Fsp3) is 0.231. The molecule has 0 aliphatic carbocycles. The zero-order valence-electron chi connectivity index (χ0n) is 17.6. The molecular formula is C26H23ClN2O3. The Labute approximate surface area is 191 Å². The van der Waals surface area contributed by atoms with E-state index in [9.17, 15) is 14.7 Å². The Hall–Kier alpha value is -3.15. The van der Waals surface area contributed by atoms with Crippen molar-refractivity contribution in [1.82, 2.24) is 0 Å². The van der Waals surface area contributed by atoms with Crippen molar-refractivity contribution in [1.29, 1.82) is 0 Å². The fourth-order valence-electron chi connectivity index (χ4n) is 5.05. The zero-order valence-corrected chi connectivity index (χ0v) is 18.4. The number of hydrogen-bond acceptors (Lipinski definition) is 4. The Bertz CT molecular complexity index is 1230. The Morgan fingerprint density at radius 1 is 1.06 bits per heavy atom. The number of rotatable bonds is 5. The van der Waals surface area contributed by atoms with Crippen molar-refractivity contribution in [2.75, 3.05) is 16.8 Å². The largest absolute Gasteiger partial charge is 0.382 e. The third kappa shape index (κ3) is 2.89. The SMILES string of the molecule is CCC1(N2C(=O)C(O)(CC(=O)c3ccccc3)c3ccccc32)CNc2ccc(Cl)cc21. The highest BCUT2D eigenvalue weighted by Gasteiger charge is 2.58. The lowest BCUT2D eigenvalue weighted by molar-refractivity contribution is -0.137. The van der Waals surface area contributed by atoms with Crippen molar-refractivity contribution in [3.63, 3.8) is 0 Å². The average molecular weight is 447 g/mol. The first kappa shape index (κ1) is 20.7. The molecule has 2 unspecified atom stereocenters. The highest BCUT2D eigenvalue weighted by molar-refractivity contribution is 6.30. The molecule has 5 nitrogen and oxygen atoms in total. The first-order valence-corrected chi connectivity index (χ1v) is 11.1. The van der Waals surface area contributed by atoms with Crippen LogP contribution in [-0.2, 0) is 15.9 Å². The van der Waals surface area contributed by atoms with Crippen LogP contribution in [0.1, 0.15) is 41.3 Å². The van der Waals surface area contributed by atoms with Gasteiger partial charge in [0.2, 0.25) is 0 Å². The van der Waals surface area contributed by atoms with Gasteiger partial charge in [0, 0.05) is 33.9 Å². The molecule has 3 aromatic rings. The van der Waals surface area contributed by atoms with E-state index in [1.165, 1.54) is 0 Å². The second-order valence-corrected chi connectivity index (χ2v) is 8.85. The average Bonchev–Trinajstić information content (AvgIpc) is 3.28. The second-order valence-electron chi connectivity index (χ2n) is 8.41. The number of Topliss-reactive ketones (excluding diaryl/α,β-unsaturated/α-hetero) is 1. The number of carbonyl (C=O) groups excluding carboxylic acids is 2. The van der Waals surface area contributed by atoms with E-state index in [0.717, 1.165) is 11.3 Å². The molecule has 0 aromatic heterocycles. The normalized spacial score (nSPS) is 23.6. The van der Waals surface area contributed by atoms with Crippen LogP contribution < -0.4 is 10.2 Å². The minimum Gasteiger partial charge on any atom is -0.382 e. The molecule has 32 heavy (non-hydrogen) atoms. The van der Waals surface area contributed by atoms with E-state index in [4.69, 9.17) is 11.6 Å². The summed E-state index contributed by atoms with van der Waals surface area (Å²) < 4.78 is 0. The molecule has 6 heteroatoms. The number of aliphatic hydroxyl groups is 1. The van der Waals surface area contributed by atoms with E-state index in [1.54, 1.807) is 41.3 Å². The standard InChI is InChI=1S/C26H23ClN2O3/c1-2-25(16-28-21-13-12-18(27)14-20(21)25)29-22-11-7-6-10-19(22)26(32,24(29)31)15-23(30)17-8-4-3-5-9-17/h3-14,28,32H,2,15-16H2,1H3. The number of halogens is 1. The number of fused-ring (bicyclic) bond motifs is 2. The molecule has 0 saturated heterocycles. The number of amides is 1. The molecular weight excluding hydrogens is 424 g/mol. The molecule has 0 saturated carbocycles. The van der Waals surface area contributed by atoms with Crippen LogP contribution >= 0.6 is 11.6 Å². The van der Waals surface area contributed by atoms with Crippen molar-refractivity contribution in [2.24, 2.45) is 0 Å². The van der Waals surface area contributed by atoms with Crippen molar-refractivity contribution in [3.8, 4) is 0 Å². The number of ketones is 1. The Morgan fingerprint density at radius 3 is 2.53 bits per heavy atom. The van der Waals surface area contributed by atoms with Crippen LogP contribution in [0.5, 0.6) is 0 Å². The molecule has 5 rings (SSSR count). The van der Waals surface area contributed by atoms with Gasteiger partial charge in [0.05, 0.1) is 17.6 Å². The summed E-state index contributed by atoms with van der Waals surface area (Å²) >= 11 is 6.32. The summed E-state index contributed by atoms with van der Waals surface area (Å²) in [5.74, 6) is -0.768. The predicted octanol–water partition coefficient (Wildman–Crippen LogP) is 4.88. The summed E-state index contributed by atoms with van der Waals surface area (Å²) in [7, 11) is 0. The molecule has 0 radical (unpaired) electrons. The first-order valence-electron chi connectivity index (χ1n) is 10.7. The number of para-hydroxylation sites is 1. The number of anilines is 2. The number of nitrogens with one attached hydrogen (secondary N) is 1. The van der Waals surface area contributed by atoms with Crippen molar-refractivity contribution >= 4 is 34.7 Å². The maximum absolute atomic E-state index is 14.0. The minimum atomic E-state index is -1.94. The number of carbonyl (C=O) groups is 2. The molecule has 0 spiro atoms. The predicted molar refractivity (Wildman–Crippen MR) is 125 cm³/mol. The van der Waals surface area contributed by atoms with Gasteiger partial charge in [-0.05, 0) is 30.7 Å². The Balaban J connectivity index is 1.63. The van der Waals surface area contributed by atoms with Crippen LogP contribution in [0.25, 0.3) is 0 Å². The summed E-state index contributed by atoms with van der Waals surface area (Å²) in [5.41, 5.74) is 0.705. The number of hydrogen-bond donors (Lipinski definition) is 2. The molecule has 1 amide bonds. The molecule has 3 aromatic carbocycles. The summed E-state index contributed by atoms with van der Waals surface area (Å²) in [6.07, 6.45) is 0.287. The van der Waals surface area contributed by atoms with E-state index in [2.05, 4.69) is 5.32 Å². The van der Waals surface area contributed by atoms with Gasteiger partial charge in [-0.15, -0.1) is 0 Å². The third-order valence-electron chi connectivity index (χ3n) is 6.73. The van der Waals surface area contributed by atoms with Crippen LogP contribution in [0.2, 0.25) is 5.02 Å². The smallest absolute Gasteiger partial charge is 0.265 e. The van der Waals surface area contributed by atoms with E-state index in [-0.39, 0.29) is 12.2 Å². The van der Waals surface area contributed by atoms with E-state index in [0.29, 0.717) is 34.8 Å². The topological polar surface area (TPSA) is 69.6 Å². The molecule has 0 bridgehead atoms. The fourth-order valence-corrected chi connectivity index (χ4v) is 5.22. The van der Waals surface area contributed by atoms with Crippen LogP contribution in [0.3, 0.4) is 0 Å². The van der Waals surface area contributed by atoms with Gasteiger partial charge >= 0.3 is 0 Å². The maximum atomic E-state index is 14.0. The zero-order chi connectivity index (χ0) is 22.5. The van der Waals surface area contributed by atoms with Gasteiger partial charge < -0.3 is 10.4 Å². The van der Waals surface area contributed by atoms with Gasteiger partial charge in [-0.1, -0.05) is 67.1 Å². The van der Waals surface area contributed by atoms with Crippen LogP contribution in [0.4, 0.5) is 11.4 Å². The van der Waals surface area contributed by atoms with Crippen molar-refractivity contribution in [3.05, 3.63) is 94.5 Å². The van der Waals surface area contributed by atoms with Gasteiger partial charge in [-0.25, -0.2) is 0 Å². The Morgan fingerprint density at radius 2 is 1.78 bits per heavy atom. The van der Waals surface area contributed by atoms with Crippen molar-refractivity contribution in [2.45, 2.75) is 30.9 Å². The van der Waals surface area contributed by atoms with Gasteiger partial charge in [-0.3, -0.25) is 14.5 Å². The van der Waals surface area contributed by atoms with E-state index in [1.807, 2.05) is 43.3 Å². The lowest BCUT2D eigenvalue weighted by Gasteiger charge is -2.39. The van der Waals surface area contributed by atoms with E-state index >= 15 is 0 Å². The summed E-state index contributed by atoms with van der Waals surface area (Å²) in [6, 6.07) is 21.5. The summed E-state index contributed by atoms with van der Waals surface area (Å²) in [5, 5.41) is 15.7. The molecule has 162 valence electrons. The van der Waals surface area contributed by atoms with Gasteiger partial charge in [0.25, 0.3) is 5.91 Å². The number of nitrogens with zero attached hydrogens (tertiary/aromatic N) is 1. The van der Waals surface area contributed by atoms with Gasteiger partial charge in [0.15, 0.2) is 11.4 Å². The molecule has 0 fully saturated rings. The molecule has 2 aliphatic heterocycles. The molecule has 2 aliphatic rings. The minimum absolute atomic E-state index is 0.281. The van der Waals surface area contributed by atoms with E-state index < -0.39 is 17.0 Å². The Kier molecular flexibility index (Phi) is 4.84. The summed E-state index contributed by atoms with van der Waals surface area (Å²) in [6.45, 7) is 2.50. The van der Waals surface area contributed by atoms with Crippen LogP contribution in [0, 0.1) is 0 Å². The monoisotopic (exact) mass is 446 g/mol. The molecule has 2 heterocycles. The highest BCUT2D eigenvalue weighted by atomic mass is 35.5. The first-order chi connectivity index (χ1) is 15.4. The maximum Gasteiger partial charge on any atom is 0.265 e. The van der Waals surface area contributed by atoms with Gasteiger partial charge in [-0.2, -0.15) is 0 Å². The van der Waals surface area contributed by atoms with Crippen LogP contribution in [-0.4, -0.2) is 23.3 Å². The molecule has 2 N–H and O–H groups in total. The lowest BCUT2D eigenvalue weighted by atomic mass is 9.86. The quantitative estimate of drug-likeness (QED) is 0.548.